The van der Waals surface area contributed by atoms with Crippen LogP contribution in [0.1, 0.15) is 32.3 Å². The first-order valence-corrected chi connectivity index (χ1v) is 13.7. The highest BCUT2D eigenvalue weighted by molar-refractivity contribution is 7.90. The standard InChI is InChI=1S/C26H34N4O4S/c1-3-30(22-11-13-23(14-12-22)34-4-2)35(32,33)29-17-7-8-21(19-29)26(31)27-16-15-20-18-28-25-10-6-5-9-24(20)25/h5-6,9-14,18,21,28H,3-4,7-8,15-17,19H2,1-2H3,(H,27,31). The Morgan fingerprint density at radius 2 is 1.94 bits per heavy atom. The number of amides is 1. The van der Waals surface area contributed by atoms with Crippen LogP contribution in [0.15, 0.2) is 54.7 Å². The fourth-order valence-corrected chi connectivity index (χ4v) is 6.38. The summed E-state index contributed by atoms with van der Waals surface area (Å²) in [6.07, 6.45) is 4.03. The van der Waals surface area contributed by atoms with E-state index in [0.717, 1.165) is 16.5 Å². The number of nitrogens with one attached hydrogen (secondary N) is 2. The molecule has 0 saturated carbocycles. The molecule has 35 heavy (non-hydrogen) atoms. The van der Waals surface area contributed by atoms with Gasteiger partial charge in [0.1, 0.15) is 5.75 Å². The molecule has 1 aliphatic heterocycles. The van der Waals surface area contributed by atoms with E-state index in [1.54, 1.807) is 24.3 Å². The predicted molar refractivity (Wildman–Crippen MR) is 139 cm³/mol. The molecule has 0 bridgehead atoms. The number of hydrogen-bond acceptors (Lipinski definition) is 4. The van der Waals surface area contributed by atoms with E-state index in [0.29, 0.717) is 56.9 Å². The average molecular weight is 499 g/mol. The third-order valence-electron chi connectivity index (χ3n) is 6.45. The van der Waals surface area contributed by atoms with Crippen LogP contribution in [0, 0.1) is 5.92 Å². The molecule has 1 fully saturated rings. The van der Waals surface area contributed by atoms with E-state index >= 15 is 0 Å². The van der Waals surface area contributed by atoms with Gasteiger partial charge in [-0.2, -0.15) is 12.7 Å². The molecule has 2 heterocycles. The van der Waals surface area contributed by atoms with Crippen molar-refractivity contribution in [1.29, 1.82) is 0 Å². The molecule has 3 aromatic rings. The first-order chi connectivity index (χ1) is 16.9. The molecule has 9 heteroatoms. The monoisotopic (exact) mass is 498 g/mol. The molecule has 1 amide bonds. The molecule has 1 aliphatic rings. The lowest BCUT2D eigenvalue weighted by atomic mass is 9.99. The topological polar surface area (TPSA) is 94.7 Å². The predicted octanol–water partition coefficient (Wildman–Crippen LogP) is 3.71. The van der Waals surface area contributed by atoms with Crippen molar-refractivity contribution in [2.45, 2.75) is 33.1 Å². The maximum absolute atomic E-state index is 13.5. The van der Waals surface area contributed by atoms with Gasteiger partial charge in [0.15, 0.2) is 0 Å². The van der Waals surface area contributed by atoms with Crippen molar-refractivity contribution in [3.63, 3.8) is 0 Å². The number of carbonyl (C=O) groups is 1. The van der Waals surface area contributed by atoms with E-state index in [4.69, 9.17) is 4.74 Å². The minimum atomic E-state index is -3.76. The first-order valence-electron chi connectivity index (χ1n) is 12.3. The zero-order valence-electron chi connectivity index (χ0n) is 20.4. The van der Waals surface area contributed by atoms with Crippen LogP contribution in [0.2, 0.25) is 0 Å². The van der Waals surface area contributed by atoms with Crippen LogP contribution in [-0.4, -0.2) is 56.4 Å². The number of rotatable bonds is 10. The van der Waals surface area contributed by atoms with Gasteiger partial charge in [-0.05, 0) is 69.0 Å². The van der Waals surface area contributed by atoms with E-state index < -0.39 is 10.2 Å². The van der Waals surface area contributed by atoms with Gasteiger partial charge in [-0.1, -0.05) is 18.2 Å². The van der Waals surface area contributed by atoms with Crippen molar-refractivity contribution in [3.05, 3.63) is 60.3 Å². The Hall–Kier alpha value is -3.04. The summed E-state index contributed by atoms with van der Waals surface area (Å²) >= 11 is 0. The van der Waals surface area contributed by atoms with Gasteiger partial charge in [-0.15, -0.1) is 0 Å². The van der Waals surface area contributed by atoms with E-state index in [9.17, 15) is 13.2 Å². The fraction of sp³-hybridized carbons (Fsp3) is 0.423. The fourth-order valence-electron chi connectivity index (χ4n) is 4.66. The number of para-hydroxylation sites is 1. The molecule has 1 aromatic heterocycles. The molecular formula is C26H34N4O4S. The SMILES string of the molecule is CCOc1ccc(N(CC)S(=O)(=O)N2CCCC(C(=O)NCCc3c[nH]c4ccccc34)C2)cc1. The van der Waals surface area contributed by atoms with Crippen LogP contribution in [0.25, 0.3) is 10.9 Å². The van der Waals surface area contributed by atoms with Crippen molar-refractivity contribution in [2.75, 3.05) is 37.1 Å². The summed E-state index contributed by atoms with van der Waals surface area (Å²) in [5.74, 6) is 0.251. The molecule has 0 radical (unpaired) electrons. The summed E-state index contributed by atoms with van der Waals surface area (Å²) in [6.45, 7) is 5.68. The van der Waals surface area contributed by atoms with Gasteiger partial charge in [0.2, 0.25) is 5.91 Å². The minimum absolute atomic E-state index is 0.0890. The summed E-state index contributed by atoms with van der Waals surface area (Å²) in [4.78, 5) is 16.2. The normalized spacial score (nSPS) is 16.8. The molecule has 1 unspecified atom stereocenters. The van der Waals surface area contributed by atoms with Crippen LogP contribution in [0.3, 0.4) is 0 Å². The summed E-state index contributed by atoms with van der Waals surface area (Å²) in [7, 11) is -3.76. The number of anilines is 1. The van der Waals surface area contributed by atoms with Crippen molar-refractivity contribution in [3.8, 4) is 5.75 Å². The quantitative estimate of drug-likeness (QED) is 0.446. The highest BCUT2D eigenvalue weighted by Crippen LogP contribution is 2.27. The number of piperidine rings is 1. The number of H-pyrrole nitrogens is 1. The molecule has 2 aromatic carbocycles. The summed E-state index contributed by atoms with van der Waals surface area (Å²) in [5, 5.41) is 4.18. The lowest BCUT2D eigenvalue weighted by Gasteiger charge is -2.35. The van der Waals surface area contributed by atoms with Gasteiger partial charge >= 0.3 is 10.2 Å². The Morgan fingerprint density at radius 3 is 2.69 bits per heavy atom. The third-order valence-corrected chi connectivity index (χ3v) is 8.46. The van der Waals surface area contributed by atoms with Crippen LogP contribution < -0.4 is 14.4 Å². The number of aromatic amines is 1. The van der Waals surface area contributed by atoms with E-state index in [1.165, 1.54) is 8.61 Å². The third kappa shape index (κ3) is 5.62. The maximum Gasteiger partial charge on any atom is 0.304 e. The molecular weight excluding hydrogens is 464 g/mol. The number of nitrogens with zero attached hydrogens (tertiary/aromatic N) is 2. The number of fused-ring (bicyclic) bond motifs is 1. The van der Waals surface area contributed by atoms with E-state index in [1.807, 2.05) is 38.2 Å². The van der Waals surface area contributed by atoms with Gasteiger partial charge in [0, 0.05) is 43.3 Å². The van der Waals surface area contributed by atoms with Crippen molar-refractivity contribution < 1.29 is 17.9 Å². The van der Waals surface area contributed by atoms with Crippen molar-refractivity contribution >= 4 is 32.7 Å². The highest BCUT2D eigenvalue weighted by atomic mass is 32.2. The van der Waals surface area contributed by atoms with E-state index in [2.05, 4.69) is 16.4 Å². The van der Waals surface area contributed by atoms with Gasteiger partial charge in [-0.25, -0.2) is 0 Å². The summed E-state index contributed by atoms with van der Waals surface area (Å²) in [5.41, 5.74) is 2.82. The number of ether oxygens (including phenoxy) is 1. The zero-order valence-corrected chi connectivity index (χ0v) is 21.2. The number of carbonyl (C=O) groups excluding carboxylic acids is 1. The van der Waals surface area contributed by atoms with Gasteiger partial charge in [0.05, 0.1) is 18.2 Å². The Labute approximate surface area is 207 Å². The van der Waals surface area contributed by atoms with Crippen LogP contribution in [0.4, 0.5) is 5.69 Å². The van der Waals surface area contributed by atoms with Gasteiger partial charge in [0.25, 0.3) is 0 Å². The Balaban J connectivity index is 1.37. The molecule has 0 spiro atoms. The second kappa shape index (κ2) is 11.1. The average Bonchev–Trinajstić information content (AvgIpc) is 3.29. The molecule has 2 N–H and O–H groups in total. The zero-order chi connectivity index (χ0) is 24.8. The smallest absolute Gasteiger partial charge is 0.304 e. The Kier molecular flexibility index (Phi) is 7.97. The lowest BCUT2D eigenvalue weighted by Crippen LogP contribution is -2.50. The largest absolute Gasteiger partial charge is 0.494 e. The van der Waals surface area contributed by atoms with Crippen LogP contribution >= 0.6 is 0 Å². The summed E-state index contributed by atoms with van der Waals surface area (Å²) < 4.78 is 35.3. The number of hydrogen-bond donors (Lipinski definition) is 2. The minimum Gasteiger partial charge on any atom is -0.494 e. The summed E-state index contributed by atoms with van der Waals surface area (Å²) in [6, 6.07) is 15.1. The molecule has 4 rings (SSSR count). The first kappa shape index (κ1) is 25.1. The van der Waals surface area contributed by atoms with Gasteiger partial charge in [-0.3, -0.25) is 9.10 Å². The molecule has 0 aliphatic carbocycles. The number of aromatic nitrogens is 1. The lowest BCUT2D eigenvalue weighted by molar-refractivity contribution is -0.126. The van der Waals surface area contributed by atoms with Crippen LogP contribution in [0.5, 0.6) is 5.75 Å². The molecule has 1 saturated heterocycles. The van der Waals surface area contributed by atoms with Crippen LogP contribution in [-0.2, 0) is 21.4 Å². The van der Waals surface area contributed by atoms with Crippen molar-refractivity contribution in [2.24, 2.45) is 5.92 Å². The maximum atomic E-state index is 13.5. The second-order valence-corrected chi connectivity index (χ2v) is 10.5. The number of benzene rings is 2. The van der Waals surface area contributed by atoms with Crippen molar-refractivity contribution in [1.82, 2.24) is 14.6 Å². The Morgan fingerprint density at radius 1 is 1.17 bits per heavy atom. The van der Waals surface area contributed by atoms with E-state index in [-0.39, 0.29) is 18.4 Å². The molecule has 188 valence electrons. The van der Waals surface area contributed by atoms with Gasteiger partial charge < -0.3 is 15.0 Å². The second-order valence-electron chi connectivity index (χ2n) is 8.70. The Bertz CT molecular complexity index is 1240. The molecule has 1 atom stereocenters. The molecule has 8 nitrogen and oxygen atoms in total. The highest BCUT2D eigenvalue weighted by Gasteiger charge is 2.35.